The molecule has 0 amide bonds. The highest BCUT2D eigenvalue weighted by atomic mass is 32.2. The van der Waals surface area contributed by atoms with Gasteiger partial charge in [-0.25, -0.2) is 22.9 Å². The molecule has 1 aromatic heterocycles. The van der Waals surface area contributed by atoms with Gasteiger partial charge in [-0.1, -0.05) is 6.92 Å². The SMILES string of the molecule is CCCn1ncnc1CS(=O)(=O)c1ccc(C(=O)O)cc1. The number of aryl methyl sites for hydroxylation is 1. The first-order valence-electron chi connectivity index (χ1n) is 6.37. The molecule has 0 bridgehead atoms. The Hall–Kier alpha value is -2.22. The number of aromatic carboxylic acids is 1. The lowest BCUT2D eigenvalue weighted by Crippen LogP contribution is -2.12. The van der Waals surface area contributed by atoms with Crippen molar-refractivity contribution in [2.75, 3.05) is 0 Å². The van der Waals surface area contributed by atoms with Gasteiger partial charge >= 0.3 is 5.97 Å². The van der Waals surface area contributed by atoms with E-state index >= 15 is 0 Å². The molecule has 0 aliphatic carbocycles. The molecule has 2 rings (SSSR count). The molecule has 0 fully saturated rings. The highest BCUT2D eigenvalue weighted by Gasteiger charge is 2.19. The fourth-order valence-corrected chi connectivity index (χ4v) is 3.14. The van der Waals surface area contributed by atoms with Gasteiger partial charge in [-0.3, -0.25) is 0 Å². The Morgan fingerprint density at radius 1 is 1.29 bits per heavy atom. The van der Waals surface area contributed by atoms with Gasteiger partial charge in [0.1, 0.15) is 17.9 Å². The van der Waals surface area contributed by atoms with Crippen molar-refractivity contribution in [1.29, 1.82) is 0 Å². The van der Waals surface area contributed by atoms with Crippen molar-refractivity contribution in [3.63, 3.8) is 0 Å². The van der Waals surface area contributed by atoms with Crippen molar-refractivity contribution in [1.82, 2.24) is 14.8 Å². The zero-order valence-electron chi connectivity index (χ0n) is 11.4. The molecule has 0 atom stereocenters. The van der Waals surface area contributed by atoms with Crippen LogP contribution in [-0.4, -0.2) is 34.3 Å². The predicted molar refractivity (Wildman–Crippen MR) is 74.6 cm³/mol. The van der Waals surface area contributed by atoms with E-state index in [0.29, 0.717) is 12.4 Å². The molecular weight excluding hydrogens is 294 g/mol. The average Bonchev–Trinajstić information content (AvgIpc) is 2.86. The fraction of sp³-hybridized carbons (Fsp3) is 0.308. The molecule has 0 unspecified atom stereocenters. The van der Waals surface area contributed by atoms with Gasteiger partial charge in [0, 0.05) is 6.54 Å². The molecule has 112 valence electrons. The molecule has 21 heavy (non-hydrogen) atoms. The van der Waals surface area contributed by atoms with Crippen LogP contribution in [0.15, 0.2) is 35.5 Å². The van der Waals surface area contributed by atoms with E-state index in [-0.39, 0.29) is 16.2 Å². The lowest BCUT2D eigenvalue weighted by molar-refractivity contribution is 0.0696. The normalized spacial score (nSPS) is 11.5. The van der Waals surface area contributed by atoms with E-state index < -0.39 is 15.8 Å². The summed E-state index contributed by atoms with van der Waals surface area (Å²) in [5.74, 6) is -0.986. The number of carboxylic acids is 1. The monoisotopic (exact) mass is 309 g/mol. The Labute approximate surface area is 122 Å². The zero-order chi connectivity index (χ0) is 15.5. The molecule has 0 aliphatic rings. The van der Waals surface area contributed by atoms with Crippen LogP contribution in [-0.2, 0) is 22.1 Å². The Kier molecular flexibility index (Phi) is 4.37. The second-order valence-corrected chi connectivity index (χ2v) is 6.48. The number of carbonyl (C=O) groups is 1. The molecule has 1 aromatic carbocycles. The molecule has 2 aromatic rings. The van der Waals surface area contributed by atoms with E-state index in [1.807, 2.05) is 6.92 Å². The minimum Gasteiger partial charge on any atom is -0.478 e. The molecule has 1 N–H and O–H groups in total. The minimum absolute atomic E-state index is 0.0445. The summed E-state index contributed by atoms with van der Waals surface area (Å²) in [5, 5.41) is 12.8. The Bertz CT molecular complexity index is 735. The van der Waals surface area contributed by atoms with Crippen LogP contribution < -0.4 is 0 Å². The number of sulfone groups is 1. The third kappa shape index (κ3) is 3.46. The maximum atomic E-state index is 12.3. The predicted octanol–water partition coefficient (Wildman–Crippen LogP) is 1.36. The Balaban J connectivity index is 2.25. The van der Waals surface area contributed by atoms with E-state index in [1.54, 1.807) is 4.68 Å². The van der Waals surface area contributed by atoms with Gasteiger partial charge in [-0.05, 0) is 30.7 Å². The van der Waals surface area contributed by atoms with Gasteiger partial charge in [-0.2, -0.15) is 5.10 Å². The van der Waals surface area contributed by atoms with Gasteiger partial charge < -0.3 is 5.11 Å². The molecule has 0 radical (unpaired) electrons. The van der Waals surface area contributed by atoms with E-state index in [2.05, 4.69) is 10.1 Å². The fourth-order valence-electron chi connectivity index (χ4n) is 1.86. The third-order valence-corrected chi connectivity index (χ3v) is 4.54. The smallest absolute Gasteiger partial charge is 0.335 e. The maximum Gasteiger partial charge on any atom is 0.335 e. The summed E-state index contributed by atoms with van der Waals surface area (Å²) >= 11 is 0. The number of nitrogens with zero attached hydrogens (tertiary/aromatic N) is 3. The molecule has 0 saturated heterocycles. The van der Waals surface area contributed by atoms with Crippen LogP contribution in [0.3, 0.4) is 0 Å². The molecule has 0 aliphatic heterocycles. The first-order chi connectivity index (χ1) is 9.94. The quantitative estimate of drug-likeness (QED) is 0.864. The van der Waals surface area contributed by atoms with Crippen LogP contribution in [0.5, 0.6) is 0 Å². The van der Waals surface area contributed by atoms with E-state index in [0.717, 1.165) is 6.42 Å². The number of hydrogen-bond acceptors (Lipinski definition) is 5. The maximum absolute atomic E-state index is 12.3. The summed E-state index contributed by atoms with van der Waals surface area (Å²) in [4.78, 5) is 14.8. The standard InChI is InChI=1S/C13H15N3O4S/c1-2-7-16-12(14-9-15-16)8-21(19,20)11-5-3-10(4-6-11)13(17)18/h3-6,9H,2,7-8H2,1H3,(H,17,18). The van der Waals surface area contributed by atoms with Gasteiger partial charge in [0.2, 0.25) is 0 Å². The van der Waals surface area contributed by atoms with Crippen LogP contribution in [0.1, 0.15) is 29.5 Å². The summed E-state index contributed by atoms with van der Waals surface area (Å²) < 4.78 is 26.2. The molecule has 0 saturated carbocycles. The highest BCUT2D eigenvalue weighted by Crippen LogP contribution is 2.16. The van der Waals surface area contributed by atoms with Crippen LogP contribution in [0.25, 0.3) is 0 Å². The van der Waals surface area contributed by atoms with Crippen LogP contribution >= 0.6 is 0 Å². The van der Waals surface area contributed by atoms with Crippen LogP contribution in [0.2, 0.25) is 0 Å². The first kappa shape index (κ1) is 15.2. The second-order valence-electron chi connectivity index (χ2n) is 4.49. The summed E-state index contributed by atoms with van der Waals surface area (Å²) in [7, 11) is -3.58. The number of carboxylic acid groups (broad SMARTS) is 1. The summed E-state index contributed by atoms with van der Waals surface area (Å²) in [5.41, 5.74) is 0.0445. The summed E-state index contributed by atoms with van der Waals surface area (Å²) in [6.07, 6.45) is 2.15. The zero-order valence-corrected chi connectivity index (χ0v) is 12.2. The van der Waals surface area contributed by atoms with Crippen LogP contribution in [0, 0.1) is 0 Å². The van der Waals surface area contributed by atoms with Crippen LogP contribution in [0.4, 0.5) is 0 Å². The van der Waals surface area contributed by atoms with E-state index in [4.69, 9.17) is 5.11 Å². The molecule has 7 nitrogen and oxygen atoms in total. The van der Waals surface area contributed by atoms with Gasteiger partial charge in [0.05, 0.1) is 10.5 Å². The van der Waals surface area contributed by atoms with Crippen molar-refractivity contribution in [3.05, 3.63) is 42.0 Å². The topological polar surface area (TPSA) is 102 Å². The number of rotatable bonds is 6. The number of hydrogen-bond donors (Lipinski definition) is 1. The van der Waals surface area contributed by atoms with Gasteiger partial charge in [-0.15, -0.1) is 0 Å². The summed E-state index contributed by atoms with van der Waals surface area (Å²) in [6, 6.07) is 5.12. The Morgan fingerprint density at radius 2 is 1.95 bits per heavy atom. The van der Waals surface area contributed by atoms with Crippen molar-refractivity contribution >= 4 is 15.8 Å². The molecule has 0 spiro atoms. The lowest BCUT2D eigenvalue weighted by atomic mass is 10.2. The van der Waals surface area contributed by atoms with Crippen molar-refractivity contribution in [2.24, 2.45) is 0 Å². The second kappa shape index (κ2) is 6.04. The molecule has 8 heteroatoms. The first-order valence-corrected chi connectivity index (χ1v) is 8.02. The molecule has 1 heterocycles. The van der Waals surface area contributed by atoms with Crippen molar-refractivity contribution in [3.8, 4) is 0 Å². The largest absolute Gasteiger partial charge is 0.478 e. The third-order valence-electron chi connectivity index (χ3n) is 2.91. The summed E-state index contributed by atoms with van der Waals surface area (Å²) in [6.45, 7) is 2.56. The average molecular weight is 309 g/mol. The Morgan fingerprint density at radius 3 is 2.52 bits per heavy atom. The molecular formula is C13H15N3O4S. The number of aromatic nitrogens is 3. The van der Waals surface area contributed by atoms with Gasteiger partial charge in [0.25, 0.3) is 0 Å². The lowest BCUT2D eigenvalue weighted by Gasteiger charge is -2.06. The van der Waals surface area contributed by atoms with E-state index in [1.165, 1.54) is 30.6 Å². The van der Waals surface area contributed by atoms with E-state index in [9.17, 15) is 13.2 Å². The minimum atomic E-state index is -3.58. The van der Waals surface area contributed by atoms with Crippen molar-refractivity contribution < 1.29 is 18.3 Å². The number of benzene rings is 1. The highest BCUT2D eigenvalue weighted by molar-refractivity contribution is 7.90. The van der Waals surface area contributed by atoms with Crippen molar-refractivity contribution in [2.45, 2.75) is 30.5 Å². The van der Waals surface area contributed by atoms with Gasteiger partial charge in [0.15, 0.2) is 9.84 Å².